The molecular formula is C9H8ClNS. The quantitative estimate of drug-likeness (QED) is 0.679. The molecule has 1 nitrogen and oxygen atoms in total. The molecule has 0 heterocycles. The number of rotatable bonds is 2. The molecule has 1 aromatic rings. The molecule has 0 aliphatic heterocycles. The van der Waals surface area contributed by atoms with Crippen LogP contribution in [0.5, 0.6) is 0 Å². The van der Waals surface area contributed by atoms with Gasteiger partial charge in [-0.1, -0.05) is 17.7 Å². The van der Waals surface area contributed by atoms with Gasteiger partial charge >= 0.3 is 0 Å². The van der Waals surface area contributed by atoms with Crippen molar-refractivity contribution in [2.24, 2.45) is 0 Å². The van der Waals surface area contributed by atoms with Crippen LogP contribution in [0, 0.1) is 11.3 Å². The van der Waals surface area contributed by atoms with Gasteiger partial charge in [-0.3, -0.25) is 0 Å². The summed E-state index contributed by atoms with van der Waals surface area (Å²) in [5, 5.41) is 9.25. The van der Waals surface area contributed by atoms with Gasteiger partial charge < -0.3 is 0 Å². The lowest BCUT2D eigenvalue weighted by Gasteiger charge is -2.01. The zero-order chi connectivity index (χ0) is 8.97. The summed E-state index contributed by atoms with van der Waals surface area (Å²) < 4.78 is 0. The van der Waals surface area contributed by atoms with Crippen molar-refractivity contribution in [3.8, 4) is 6.07 Å². The van der Waals surface area contributed by atoms with E-state index in [-0.39, 0.29) is 5.25 Å². The zero-order valence-electron chi connectivity index (χ0n) is 6.62. The topological polar surface area (TPSA) is 23.8 Å². The first-order chi connectivity index (χ1) is 5.72. The summed E-state index contributed by atoms with van der Waals surface area (Å²) in [7, 11) is 0. The van der Waals surface area contributed by atoms with E-state index < -0.39 is 0 Å². The third-order valence-electron chi connectivity index (χ3n) is 1.29. The fourth-order valence-corrected chi connectivity index (χ4v) is 1.84. The minimum Gasteiger partial charge on any atom is -0.197 e. The van der Waals surface area contributed by atoms with Crippen molar-refractivity contribution >= 4 is 23.4 Å². The molecule has 0 aliphatic rings. The van der Waals surface area contributed by atoms with E-state index in [1.165, 1.54) is 11.8 Å². The maximum atomic E-state index is 8.56. The Bertz CT molecular complexity index is 306. The van der Waals surface area contributed by atoms with Crippen molar-refractivity contribution in [2.45, 2.75) is 17.1 Å². The van der Waals surface area contributed by atoms with Crippen LogP contribution in [0.15, 0.2) is 29.2 Å². The fraction of sp³-hybridized carbons (Fsp3) is 0.222. The Morgan fingerprint density at radius 1 is 1.58 bits per heavy atom. The molecule has 0 spiro atoms. The van der Waals surface area contributed by atoms with Crippen LogP contribution in [0.4, 0.5) is 0 Å². The molecule has 3 heteroatoms. The van der Waals surface area contributed by atoms with Gasteiger partial charge in [0.15, 0.2) is 0 Å². The lowest BCUT2D eigenvalue weighted by Crippen LogP contribution is -1.88. The van der Waals surface area contributed by atoms with E-state index in [1.54, 1.807) is 0 Å². The van der Waals surface area contributed by atoms with E-state index in [4.69, 9.17) is 16.9 Å². The van der Waals surface area contributed by atoms with Crippen LogP contribution in [-0.2, 0) is 0 Å². The Morgan fingerprint density at radius 3 is 2.92 bits per heavy atom. The molecule has 0 bridgehead atoms. The molecule has 0 radical (unpaired) electrons. The molecule has 0 N–H and O–H groups in total. The second-order valence-corrected chi connectivity index (χ2v) is 4.20. The van der Waals surface area contributed by atoms with E-state index in [1.807, 2.05) is 31.2 Å². The third kappa shape index (κ3) is 2.77. The van der Waals surface area contributed by atoms with Crippen molar-refractivity contribution in [2.75, 3.05) is 0 Å². The van der Waals surface area contributed by atoms with Gasteiger partial charge in [0, 0.05) is 9.92 Å². The standard InChI is InChI=1S/C9H8ClNS/c1-7(6-11)12-9-4-2-3-8(10)5-9/h2-5,7H,1H3. The summed E-state index contributed by atoms with van der Waals surface area (Å²) in [6.45, 7) is 1.87. The SMILES string of the molecule is CC(C#N)Sc1cccc(Cl)c1. The molecule has 12 heavy (non-hydrogen) atoms. The second kappa shape index (κ2) is 4.39. The summed E-state index contributed by atoms with van der Waals surface area (Å²) in [5.74, 6) is 0. The van der Waals surface area contributed by atoms with Gasteiger partial charge in [0.1, 0.15) is 0 Å². The zero-order valence-corrected chi connectivity index (χ0v) is 8.19. The van der Waals surface area contributed by atoms with E-state index in [0.29, 0.717) is 5.02 Å². The number of hydrogen-bond donors (Lipinski definition) is 0. The van der Waals surface area contributed by atoms with Crippen LogP contribution in [0.3, 0.4) is 0 Å². The van der Waals surface area contributed by atoms with Crippen LogP contribution in [-0.4, -0.2) is 5.25 Å². The summed E-state index contributed by atoms with van der Waals surface area (Å²) in [6, 6.07) is 9.67. The van der Waals surface area contributed by atoms with Gasteiger partial charge in [-0.2, -0.15) is 5.26 Å². The minimum atomic E-state index is -0.0246. The molecule has 0 amide bonds. The Labute approximate surface area is 81.3 Å². The van der Waals surface area contributed by atoms with Crippen LogP contribution < -0.4 is 0 Å². The summed E-state index contributed by atoms with van der Waals surface area (Å²) in [6.07, 6.45) is 0. The number of nitriles is 1. The number of nitrogens with zero attached hydrogens (tertiary/aromatic N) is 1. The highest BCUT2D eigenvalue weighted by atomic mass is 35.5. The summed E-state index contributed by atoms with van der Waals surface area (Å²) in [4.78, 5) is 1.04. The van der Waals surface area contributed by atoms with Crippen LogP contribution in [0.1, 0.15) is 6.92 Å². The first-order valence-corrected chi connectivity index (χ1v) is 4.80. The second-order valence-electron chi connectivity index (χ2n) is 2.35. The molecule has 0 aromatic heterocycles. The molecule has 0 saturated heterocycles. The molecule has 0 aliphatic carbocycles. The summed E-state index contributed by atoms with van der Waals surface area (Å²) >= 11 is 7.29. The predicted octanol–water partition coefficient (Wildman–Crippen LogP) is 3.34. The van der Waals surface area contributed by atoms with E-state index >= 15 is 0 Å². The van der Waals surface area contributed by atoms with Gasteiger partial charge in [0.05, 0.1) is 11.3 Å². The largest absolute Gasteiger partial charge is 0.197 e. The van der Waals surface area contributed by atoms with E-state index in [2.05, 4.69) is 6.07 Å². The maximum absolute atomic E-state index is 8.56. The average molecular weight is 198 g/mol. The third-order valence-corrected chi connectivity index (χ3v) is 2.51. The molecule has 62 valence electrons. The van der Waals surface area contributed by atoms with Crippen molar-refractivity contribution in [3.63, 3.8) is 0 Å². The first kappa shape index (κ1) is 9.44. The van der Waals surface area contributed by atoms with Gasteiger partial charge in [-0.25, -0.2) is 0 Å². The number of hydrogen-bond acceptors (Lipinski definition) is 2. The molecule has 1 rings (SSSR count). The fourth-order valence-electron chi connectivity index (χ4n) is 0.771. The Morgan fingerprint density at radius 2 is 2.33 bits per heavy atom. The molecule has 1 aromatic carbocycles. The minimum absolute atomic E-state index is 0.0246. The van der Waals surface area contributed by atoms with Gasteiger partial charge in [0.25, 0.3) is 0 Å². The van der Waals surface area contributed by atoms with Crippen molar-refractivity contribution in [1.29, 1.82) is 5.26 Å². The van der Waals surface area contributed by atoms with E-state index in [0.717, 1.165) is 4.90 Å². The van der Waals surface area contributed by atoms with Crippen molar-refractivity contribution < 1.29 is 0 Å². The van der Waals surface area contributed by atoms with Crippen LogP contribution in [0.2, 0.25) is 5.02 Å². The molecular weight excluding hydrogens is 190 g/mol. The molecule has 1 unspecified atom stereocenters. The smallest absolute Gasteiger partial charge is 0.0935 e. The summed E-state index contributed by atoms with van der Waals surface area (Å²) in [5.41, 5.74) is 0. The van der Waals surface area contributed by atoms with Crippen LogP contribution >= 0.6 is 23.4 Å². The van der Waals surface area contributed by atoms with Crippen molar-refractivity contribution in [3.05, 3.63) is 29.3 Å². The lowest BCUT2D eigenvalue weighted by atomic mass is 10.4. The first-order valence-electron chi connectivity index (χ1n) is 3.54. The Hall–Kier alpha value is -0.650. The Kier molecular flexibility index (Phi) is 3.46. The molecule has 1 atom stereocenters. The number of thioether (sulfide) groups is 1. The van der Waals surface area contributed by atoms with Crippen LogP contribution in [0.25, 0.3) is 0 Å². The lowest BCUT2D eigenvalue weighted by molar-refractivity contribution is 1.23. The number of halogens is 1. The maximum Gasteiger partial charge on any atom is 0.0935 e. The van der Waals surface area contributed by atoms with E-state index in [9.17, 15) is 0 Å². The highest BCUT2D eigenvalue weighted by molar-refractivity contribution is 8.00. The number of benzene rings is 1. The monoisotopic (exact) mass is 197 g/mol. The van der Waals surface area contributed by atoms with Crippen molar-refractivity contribution in [1.82, 2.24) is 0 Å². The normalized spacial score (nSPS) is 12.1. The Balaban J connectivity index is 2.71. The molecule has 0 saturated carbocycles. The highest BCUT2D eigenvalue weighted by Crippen LogP contribution is 2.24. The van der Waals surface area contributed by atoms with Gasteiger partial charge in [0.2, 0.25) is 0 Å². The predicted molar refractivity (Wildman–Crippen MR) is 52.4 cm³/mol. The highest BCUT2D eigenvalue weighted by Gasteiger charge is 2.01. The van der Waals surface area contributed by atoms with Gasteiger partial charge in [-0.15, -0.1) is 11.8 Å². The van der Waals surface area contributed by atoms with Gasteiger partial charge in [-0.05, 0) is 25.1 Å². The molecule has 0 fully saturated rings. The average Bonchev–Trinajstić information content (AvgIpc) is 2.04.